The standard InChI is InChI=1S/C22H18N2O2S/c1-14(2)16-5-3-15(4-6-16)9-18(11-23)22-24-19(12-27-22)17-7-8-20-21(10-17)26-13-25-20/h3-10,12,14H,13H2,1-2H3/b18-9-. The molecular weight excluding hydrogens is 356 g/mol. The van der Waals surface area contributed by atoms with Crippen LogP contribution in [-0.2, 0) is 0 Å². The van der Waals surface area contributed by atoms with Crippen LogP contribution in [0.3, 0.4) is 0 Å². The summed E-state index contributed by atoms with van der Waals surface area (Å²) in [6, 6.07) is 16.3. The largest absolute Gasteiger partial charge is 0.454 e. The summed E-state index contributed by atoms with van der Waals surface area (Å²) in [6.07, 6.45) is 1.88. The number of fused-ring (bicyclic) bond motifs is 1. The molecule has 4 nitrogen and oxygen atoms in total. The van der Waals surface area contributed by atoms with Crippen molar-refractivity contribution in [3.63, 3.8) is 0 Å². The van der Waals surface area contributed by atoms with Crippen LogP contribution in [0.1, 0.15) is 35.9 Å². The number of rotatable bonds is 4. The summed E-state index contributed by atoms with van der Waals surface area (Å²) in [5.74, 6) is 1.96. The van der Waals surface area contributed by atoms with Gasteiger partial charge in [-0.25, -0.2) is 4.98 Å². The summed E-state index contributed by atoms with van der Waals surface area (Å²) in [7, 11) is 0. The molecule has 134 valence electrons. The van der Waals surface area contributed by atoms with E-state index in [0.29, 0.717) is 16.5 Å². The Hall–Kier alpha value is -3.10. The molecule has 0 fully saturated rings. The lowest BCUT2D eigenvalue weighted by Gasteiger charge is -2.04. The van der Waals surface area contributed by atoms with Crippen molar-refractivity contribution in [2.45, 2.75) is 19.8 Å². The van der Waals surface area contributed by atoms with Crippen LogP contribution in [-0.4, -0.2) is 11.8 Å². The van der Waals surface area contributed by atoms with Crippen molar-refractivity contribution in [2.24, 2.45) is 0 Å². The third-order valence-electron chi connectivity index (χ3n) is 4.44. The second kappa shape index (κ2) is 7.26. The molecule has 2 heterocycles. The molecule has 1 aliphatic heterocycles. The predicted molar refractivity (Wildman–Crippen MR) is 108 cm³/mol. The van der Waals surface area contributed by atoms with Crippen molar-refractivity contribution in [3.05, 3.63) is 64.0 Å². The Kier molecular flexibility index (Phi) is 4.66. The highest BCUT2D eigenvalue weighted by Crippen LogP contribution is 2.36. The smallest absolute Gasteiger partial charge is 0.231 e. The molecule has 1 aliphatic rings. The van der Waals surface area contributed by atoms with Gasteiger partial charge in [0.05, 0.1) is 11.3 Å². The Morgan fingerprint density at radius 2 is 1.93 bits per heavy atom. The fraction of sp³-hybridized carbons (Fsp3) is 0.182. The maximum atomic E-state index is 9.60. The van der Waals surface area contributed by atoms with Gasteiger partial charge in [-0.2, -0.15) is 5.26 Å². The van der Waals surface area contributed by atoms with Crippen LogP contribution in [0.2, 0.25) is 0 Å². The lowest BCUT2D eigenvalue weighted by Crippen LogP contribution is -1.92. The molecule has 0 bridgehead atoms. The average molecular weight is 374 g/mol. The maximum Gasteiger partial charge on any atom is 0.231 e. The van der Waals surface area contributed by atoms with E-state index in [4.69, 9.17) is 9.47 Å². The zero-order chi connectivity index (χ0) is 18.8. The monoisotopic (exact) mass is 374 g/mol. The summed E-state index contributed by atoms with van der Waals surface area (Å²) < 4.78 is 10.8. The first-order valence-electron chi connectivity index (χ1n) is 8.72. The molecule has 0 atom stereocenters. The van der Waals surface area contributed by atoms with E-state index >= 15 is 0 Å². The average Bonchev–Trinajstić information content (AvgIpc) is 3.35. The fourth-order valence-corrected chi connectivity index (χ4v) is 3.67. The fourth-order valence-electron chi connectivity index (χ4n) is 2.87. The van der Waals surface area contributed by atoms with Gasteiger partial charge in [0.1, 0.15) is 11.1 Å². The van der Waals surface area contributed by atoms with Gasteiger partial charge in [0.25, 0.3) is 0 Å². The van der Waals surface area contributed by atoms with Crippen molar-refractivity contribution in [1.82, 2.24) is 4.98 Å². The number of ether oxygens (including phenoxy) is 2. The molecule has 0 N–H and O–H groups in total. The minimum absolute atomic E-state index is 0.248. The van der Waals surface area contributed by atoms with E-state index < -0.39 is 0 Å². The third-order valence-corrected chi connectivity index (χ3v) is 5.31. The van der Waals surface area contributed by atoms with Crippen LogP contribution < -0.4 is 9.47 Å². The highest BCUT2D eigenvalue weighted by Gasteiger charge is 2.16. The topological polar surface area (TPSA) is 55.1 Å². The zero-order valence-corrected chi connectivity index (χ0v) is 15.9. The molecule has 4 rings (SSSR count). The van der Waals surface area contributed by atoms with Crippen LogP contribution >= 0.6 is 11.3 Å². The Bertz CT molecular complexity index is 1040. The molecular formula is C22H18N2O2S. The van der Waals surface area contributed by atoms with Crippen LogP contribution in [0.25, 0.3) is 22.9 Å². The lowest BCUT2D eigenvalue weighted by atomic mass is 10.0. The normalized spacial score (nSPS) is 13.0. The van der Waals surface area contributed by atoms with Crippen LogP contribution in [0.5, 0.6) is 11.5 Å². The highest BCUT2D eigenvalue weighted by molar-refractivity contribution is 7.11. The predicted octanol–water partition coefficient (Wildman–Crippen LogP) is 5.73. The van der Waals surface area contributed by atoms with Gasteiger partial charge in [-0.1, -0.05) is 38.1 Å². The first kappa shape index (κ1) is 17.3. The molecule has 0 spiro atoms. The molecule has 0 aliphatic carbocycles. The van der Waals surface area contributed by atoms with Gasteiger partial charge in [0, 0.05) is 10.9 Å². The number of nitriles is 1. The summed E-state index contributed by atoms with van der Waals surface area (Å²) in [5, 5.41) is 12.3. The summed E-state index contributed by atoms with van der Waals surface area (Å²) >= 11 is 1.46. The maximum absolute atomic E-state index is 9.60. The quantitative estimate of drug-likeness (QED) is 0.548. The van der Waals surface area contributed by atoms with Crippen LogP contribution in [0.15, 0.2) is 47.8 Å². The van der Waals surface area contributed by atoms with Gasteiger partial charge in [-0.3, -0.25) is 0 Å². The van der Waals surface area contributed by atoms with Crippen LogP contribution in [0, 0.1) is 11.3 Å². The van der Waals surface area contributed by atoms with E-state index in [9.17, 15) is 5.26 Å². The minimum atomic E-state index is 0.248. The van der Waals surface area contributed by atoms with Gasteiger partial charge in [0.15, 0.2) is 11.5 Å². The van der Waals surface area contributed by atoms with E-state index in [1.165, 1.54) is 16.9 Å². The molecule has 0 saturated carbocycles. The SMILES string of the molecule is CC(C)c1ccc(/C=C(/C#N)c2nc(-c3ccc4c(c3)OCO4)cs2)cc1. The Morgan fingerprint density at radius 3 is 2.67 bits per heavy atom. The van der Waals surface area contributed by atoms with Crippen molar-refractivity contribution in [3.8, 4) is 28.8 Å². The molecule has 0 unspecified atom stereocenters. The zero-order valence-electron chi connectivity index (χ0n) is 15.1. The van der Waals surface area contributed by atoms with Crippen LogP contribution in [0.4, 0.5) is 0 Å². The van der Waals surface area contributed by atoms with E-state index in [-0.39, 0.29) is 6.79 Å². The molecule has 0 radical (unpaired) electrons. The number of aromatic nitrogens is 1. The molecule has 5 heteroatoms. The number of hydrogen-bond donors (Lipinski definition) is 0. The summed E-state index contributed by atoms with van der Waals surface area (Å²) in [6.45, 7) is 4.58. The van der Waals surface area contributed by atoms with Gasteiger partial charge >= 0.3 is 0 Å². The molecule has 0 saturated heterocycles. The molecule has 2 aromatic carbocycles. The van der Waals surface area contributed by atoms with Gasteiger partial charge < -0.3 is 9.47 Å². The first-order valence-corrected chi connectivity index (χ1v) is 9.59. The highest BCUT2D eigenvalue weighted by atomic mass is 32.1. The Balaban J connectivity index is 1.61. The molecule has 27 heavy (non-hydrogen) atoms. The number of nitrogens with zero attached hydrogens (tertiary/aromatic N) is 2. The van der Waals surface area contributed by atoms with E-state index in [1.807, 2.05) is 41.8 Å². The summed E-state index contributed by atoms with van der Waals surface area (Å²) in [4.78, 5) is 4.65. The first-order chi connectivity index (χ1) is 13.1. The van der Waals surface area contributed by atoms with Crippen molar-refractivity contribution >= 4 is 23.0 Å². The number of benzene rings is 2. The second-order valence-corrected chi connectivity index (χ2v) is 7.46. The molecule has 0 amide bonds. The number of allylic oxidation sites excluding steroid dienone is 1. The third kappa shape index (κ3) is 3.57. The van der Waals surface area contributed by atoms with Gasteiger partial charge in [-0.15, -0.1) is 11.3 Å². The van der Waals surface area contributed by atoms with Crippen molar-refractivity contribution in [2.75, 3.05) is 6.79 Å². The second-order valence-electron chi connectivity index (χ2n) is 6.60. The molecule has 1 aromatic heterocycles. The van der Waals surface area contributed by atoms with Gasteiger partial charge in [-0.05, 0) is 41.3 Å². The van der Waals surface area contributed by atoms with E-state index in [2.05, 4.69) is 37.0 Å². The van der Waals surface area contributed by atoms with Crippen molar-refractivity contribution in [1.29, 1.82) is 5.26 Å². The number of hydrogen-bond acceptors (Lipinski definition) is 5. The van der Waals surface area contributed by atoms with E-state index in [0.717, 1.165) is 28.3 Å². The minimum Gasteiger partial charge on any atom is -0.454 e. The lowest BCUT2D eigenvalue weighted by molar-refractivity contribution is 0.174. The van der Waals surface area contributed by atoms with Crippen molar-refractivity contribution < 1.29 is 9.47 Å². The summed E-state index contributed by atoms with van der Waals surface area (Å²) in [5.41, 5.74) is 4.61. The Morgan fingerprint density at radius 1 is 1.15 bits per heavy atom. The molecule has 3 aromatic rings. The Labute approximate surface area is 162 Å². The van der Waals surface area contributed by atoms with E-state index in [1.54, 1.807) is 0 Å². The number of thiazole rings is 1. The van der Waals surface area contributed by atoms with Gasteiger partial charge in [0.2, 0.25) is 6.79 Å².